The lowest BCUT2D eigenvalue weighted by atomic mass is 9.99. The Hall–Kier alpha value is -3.01. The SMILES string of the molecule is CN(C)C(=O)c1ncc(S(=O)(=O)NC(=O)Nc2c3c(cc4c2CCC4)CCC3)cn1. The average Bonchev–Trinajstić information content (AvgIpc) is 3.36. The van der Waals surface area contributed by atoms with Crippen LogP contribution in [0.5, 0.6) is 0 Å². The Balaban J connectivity index is 1.53. The van der Waals surface area contributed by atoms with Crippen LogP contribution in [-0.2, 0) is 35.7 Å². The normalized spacial score (nSPS) is 14.7. The summed E-state index contributed by atoms with van der Waals surface area (Å²) in [4.78, 5) is 33.0. The van der Waals surface area contributed by atoms with E-state index in [1.807, 2.05) is 4.72 Å². The smallest absolute Gasteiger partial charge is 0.333 e. The van der Waals surface area contributed by atoms with Gasteiger partial charge in [-0.15, -0.1) is 0 Å². The number of nitrogens with zero attached hydrogens (tertiary/aromatic N) is 3. The predicted octanol–water partition coefficient (Wildman–Crippen LogP) is 1.67. The Bertz CT molecular complexity index is 1090. The summed E-state index contributed by atoms with van der Waals surface area (Å²) in [6, 6.07) is 1.41. The molecule has 0 atom stereocenters. The third-order valence-electron chi connectivity index (χ3n) is 5.47. The topological polar surface area (TPSA) is 121 Å². The molecule has 0 spiro atoms. The van der Waals surface area contributed by atoms with Crippen molar-refractivity contribution in [2.75, 3.05) is 19.4 Å². The summed E-state index contributed by atoms with van der Waals surface area (Å²) in [6.45, 7) is 0. The predicted molar refractivity (Wildman–Crippen MR) is 110 cm³/mol. The molecule has 4 rings (SSSR count). The van der Waals surface area contributed by atoms with E-state index in [2.05, 4.69) is 21.4 Å². The average molecular weight is 430 g/mol. The Morgan fingerprint density at radius 2 is 1.53 bits per heavy atom. The number of amides is 3. The third-order valence-corrected chi connectivity index (χ3v) is 6.76. The molecule has 9 nitrogen and oxygen atoms in total. The van der Waals surface area contributed by atoms with Gasteiger partial charge in [0.2, 0.25) is 5.82 Å². The number of anilines is 1. The van der Waals surface area contributed by atoms with E-state index in [0.717, 1.165) is 67.7 Å². The molecule has 0 unspecified atom stereocenters. The highest BCUT2D eigenvalue weighted by molar-refractivity contribution is 7.90. The fraction of sp³-hybridized carbons (Fsp3) is 0.400. The monoisotopic (exact) mass is 429 g/mol. The molecule has 1 aromatic heterocycles. The van der Waals surface area contributed by atoms with Crippen LogP contribution < -0.4 is 10.0 Å². The van der Waals surface area contributed by atoms with Gasteiger partial charge in [0.25, 0.3) is 15.9 Å². The second kappa shape index (κ2) is 7.67. The van der Waals surface area contributed by atoms with Crippen molar-refractivity contribution in [3.63, 3.8) is 0 Å². The minimum atomic E-state index is -4.18. The highest BCUT2D eigenvalue weighted by atomic mass is 32.2. The zero-order chi connectivity index (χ0) is 21.5. The lowest BCUT2D eigenvalue weighted by Gasteiger charge is -2.16. The molecule has 158 valence electrons. The van der Waals surface area contributed by atoms with Crippen molar-refractivity contribution in [2.45, 2.75) is 43.4 Å². The van der Waals surface area contributed by atoms with E-state index in [1.54, 1.807) is 14.1 Å². The number of rotatable bonds is 4. The molecule has 1 aromatic carbocycles. The molecule has 2 aliphatic rings. The van der Waals surface area contributed by atoms with Gasteiger partial charge in [0.1, 0.15) is 4.90 Å². The molecule has 0 radical (unpaired) electrons. The number of aryl methyl sites for hydroxylation is 2. The lowest BCUT2D eigenvalue weighted by molar-refractivity contribution is 0.0815. The molecular formula is C20H23N5O4S. The highest BCUT2D eigenvalue weighted by Crippen LogP contribution is 2.38. The van der Waals surface area contributed by atoms with Gasteiger partial charge in [-0.05, 0) is 60.8 Å². The Morgan fingerprint density at radius 1 is 0.967 bits per heavy atom. The van der Waals surface area contributed by atoms with Crippen molar-refractivity contribution in [3.05, 3.63) is 46.5 Å². The molecule has 1 heterocycles. The molecule has 2 aromatic rings. The van der Waals surface area contributed by atoms with Gasteiger partial charge in [0, 0.05) is 19.8 Å². The van der Waals surface area contributed by atoms with E-state index in [-0.39, 0.29) is 10.7 Å². The molecule has 0 saturated carbocycles. The van der Waals surface area contributed by atoms with E-state index < -0.39 is 22.0 Å². The van der Waals surface area contributed by atoms with Crippen LogP contribution in [0.4, 0.5) is 10.5 Å². The minimum absolute atomic E-state index is 0.126. The molecule has 30 heavy (non-hydrogen) atoms. The van der Waals surface area contributed by atoms with Gasteiger partial charge in [0.05, 0.1) is 12.4 Å². The molecular weight excluding hydrogens is 406 g/mol. The summed E-state index contributed by atoms with van der Waals surface area (Å²) in [5.41, 5.74) is 5.45. The first kappa shape index (κ1) is 20.3. The number of aromatic nitrogens is 2. The van der Waals surface area contributed by atoms with Crippen LogP contribution in [0.15, 0.2) is 23.4 Å². The molecule has 0 saturated heterocycles. The number of fused-ring (bicyclic) bond motifs is 2. The number of hydrogen-bond donors (Lipinski definition) is 2. The van der Waals surface area contributed by atoms with E-state index in [9.17, 15) is 18.0 Å². The summed E-state index contributed by atoms with van der Waals surface area (Å²) < 4.78 is 27.2. The zero-order valence-electron chi connectivity index (χ0n) is 16.9. The summed E-state index contributed by atoms with van der Waals surface area (Å²) in [7, 11) is -1.10. The first-order valence-electron chi connectivity index (χ1n) is 9.80. The van der Waals surface area contributed by atoms with Gasteiger partial charge in [-0.3, -0.25) is 4.79 Å². The van der Waals surface area contributed by atoms with Crippen molar-refractivity contribution in [1.29, 1.82) is 0 Å². The molecule has 2 N–H and O–H groups in total. The second-order valence-corrected chi connectivity index (χ2v) is 9.42. The molecule has 2 aliphatic carbocycles. The van der Waals surface area contributed by atoms with E-state index in [4.69, 9.17) is 0 Å². The first-order chi connectivity index (χ1) is 14.3. The van der Waals surface area contributed by atoms with Crippen molar-refractivity contribution < 1.29 is 18.0 Å². The summed E-state index contributed by atoms with van der Waals surface area (Å²) in [5.74, 6) is -0.574. The van der Waals surface area contributed by atoms with E-state index >= 15 is 0 Å². The van der Waals surface area contributed by atoms with Crippen LogP contribution in [0.25, 0.3) is 0 Å². The Morgan fingerprint density at radius 3 is 2.07 bits per heavy atom. The van der Waals surface area contributed by atoms with Crippen LogP contribution in [0.2, 0.25) is 0 Å². The Labute approximate surface area is 175 Å². The zero-order valence-corrected chi connectivity index (χ0v) is 17.7. The number of hydrogen-bond acceptors (Lipinski definition) is 6. The molecule has 0 fully saturated rings. The summed E-state index contributed by atoms with van der Waals surface area (Å²) in [5, 5.41) is 2.78. The molecule has 3 amide bonds. The first-order valence-corrected chi connectivity index (χ1v) is 11.3. The highest BCUT2D eigenvalue weighted by Gasteiger charge is 2.26. The van der Waals surface area contributed by atoms with Gasteiger partial charge in [0.15, 0.2) is 0 Å². The van der Waals surface area contributed by atoms with Crippen LogP contribution >= 0.6 is 0 Å². The van der Waals surface area contributed by atoms with Crippen molar-refractivity contribution in [2.24, 2.45) is 0 Å². The number of carbonyl (C=O) groups excluding carboxylic acids is 2. The molecule has 0 bridgehead atoms. The van der Waals surface area contributed by atoms with Gasteiger partial charge in [-0.2, -0.15) is 0 Å². The van der Waals surface area contributed by atoms with Crippen LogP contribution in [0.3, 0.4) is 0 Å². The lowest BCUT2D eigenvalue weighted by Crippen LogP contribution is -2.35. The maximum absolute atomic E-state index is 12.6. The van der Waals surface area contributed by atoms with E-state index in [0.29, 0.717) is 0 Å². The van der Waals surface area contributed by atoms with Crippen molar-refractivity contribution >= 4 is 27.6 Å². The fourth-order valence-corrected chi connectivity index (χ4v) is 4.85. The maximum Gasteiger partial charge on any atom is 0.333 e. The number of nitrogens with one attached hydrogen (secondary N) is 2. The number of carbonyl (C=O) groups is 2. The van der Waals surface area contributed by atoms with Gasteiger partial charge < -0.3 is 10.2 Å². The van der Waals surface area contributed by atoms with Gasteiger partial charge >= 0.3 is 6.03 Å². The van der Waals surface area contributed by atoms with Gasteiger partial charge in [-0.1, -0.05) is 6.07 Å². The molecule has 10 heteroatoms. The summed E-state index contributed by atoms with van der Waals surface area (Å²) >= 11 is 0. The Kier molecular flexibility index (Phi) is 5.19. The third kappa shape index (κ3) is 3.74. The minimum Gasteiger partial charge on any atom is -0.342 e. The largest absolute Gasteiger partial charge is 0.342 e. The van der Waals surface area contributed by atoms with E-state index in [1.165, 1.54) is 16.0 Å². The standard InChI is InChI=1S/C20H23N5O4S/c1-25(2)19(26)18-21-10-14(11-22-18)30(28,29)24-20(27)23-17-15-7-3-5-12(15)9-13-6-4-8-16(13)17/h9-11H,3-8H2,1-2H3,(H2,23,24,27). The van der Waals surface area contributed by atoms with Crippen LogP contribution in [0, 0.1) is 0 Å². The second-order valence-electron chi connectivity index (χ2n) is 7.74. The van der Waals surface area contributed by atoms with Crippen molar-refractivity contribution in [1.82, 2.24) is 19.6 Å². The molecule has 0 aliphatic heterocycles. The quantitative estimate of drug-likeness (QED) is 0.762. The number of sulfonamides is 1. The number of benzene rings is 1. The van der Waals surface area contributed by atoms with Gasteiger partial charge in [-0.25, -0.2) is 27.9 Å². The summed E-state index contributed by atoms with van der Waals surface area (Å²) in [6.07, 6.45) is 7.79. The number of urea groups is 1. The van der Waals surface area contributed by atoms with Crippen LogP contribution in [0.1, 0.15) is 45.7 Å². The van der Waals surface area contributed by atoms with Crippen LogP contribution in [-0.4, -0.2) is 49.3 Å². The fourth-order valence-electron chi connectivity index (χ4n) is 4.05. The maximum atomic E-state index is 12.6. The van der Waals surface area contributed by atoms with Crippen molar-refractivity contribution in [3.8, 4) is 0 Å².